The number of nitrogens with one attached hydrogen (secondary N) is 1. The van der Waals surface area contributed by atoms with Gasteiger partial charge < -0.3 is 10.3 Å². The van der Waals surface area contributed by atoms with Crippen LogP contribution in [0.25, 0.3) is 11.0 Å². The van der Waals surface area contributed by atoms with Crippen LogP contribution in [-0.4, -0.2) is 16.1 Å². The molecule has 20 heavy (non-hydrogen) atoms. The number of aromatic nitrogens is 2. The minimum Gasteiger partial charge on any atom is -0.711 e. The van der Waals surface area contributed by atoms with Gasteiger partial charge in [0.2, 0.25) is 0 Å². The molecule has 2 aromatic heterocycles. The quantitative estimate of drug-likeness (QED) is 0.534. The smallest absolute Gasteiger partial charge is 0.335 e. The molecule has 3 aromatic rings. The highest BCUT2D eigenvalue weighted by atomic mass is 35.5. The number of rotatable bonds is 1. The van der Waals surface area contributed by atoms with Crippen molar-refractivity contribution in [2.45, 2.75) is 0 Å². The van der Waals surface area contributed by atoms with E-state index in [-0.39, 0.29) is 5.56 Å². The first kappa shape index (κ1) is 13.9. The summed E-state index contributed by atoms with van der Waals surface area (Å²) in [5.74, 6) is -0.956. The van der Waals surface area contributed by atoms with Gasteiger partial charge in [-0.3, -0.25) is 0 Å². The van der Waals surface area contributed by atoms with E-state index in [1.165, 1.54) is 18.3 Å². The number of pyridine rings is 1. The molecule has 0 spiro atoms. The summed E-state index contributed by atoms with van der Waals surface area (Å²) in [6.07, 6.45) is 3.22. The summed E-state index contributed by atoms with van der Waals surface area (Å²) < 4.78 is 0.815. The average molecular weight is 291 g/mol. The molecule has 5 nitrogen and oxygen atoms in total. The summed E-state index contributed by atoms with van der Waals surface area (Å²) in [6, 6.07) is 11.6. The standard InChI is InChI=1S/C7H5ClO2.C7H6N2O/c8-6-3-1-2-5(4-6)7(9)10;10-9-5-1-2-6-3-4-8-7(6)9/h1-4H,(H,9,10);1-5,8H. The lowest BCUT2D eigenvalue weighted by Crippen LogP contribution is -2.25. The largest absolute Gasteiger partial charge is 0.711 e. The van der Waals surface area contributed by atoms with Crippen molar-refractivity contribution >= 4 is 28.6 Å². The summed E-state index contributed by atoms with van der Waals surface area (Å²) in [4.78, 5) is 13.1. The third-order valence-electron chi connectivity index (χ3n) is 2.55. The molecule has 0 saturated carbocycles. The molecule has 0 atom stereocenters. The first-order chi connectivity index (χ1) is 9.58. The second-order valence-electron chi connectivity index (χ2n) is 3.93. The average Bonchev–Trinajstić information content (AvgIpc) is 2.89. The summed E-state index contributed by atoms with van der Waals surface area (Å²) in [6.45, 7) is 0. The maximum Gasteiger partial charge on any atom is 0.335 e. The molecule has 0 fully saturated rings. The Morgan fingerprint density at radius 2 is 2.05 bits per heavy atom. The fourth-order valence-electron chi connectivity index (χ4n) is 1.62. The summed E-state index contributed by atoms with van der Waals surface area (Å²) in [5.41, 5.74) is 0.829. The highest BCUT2D eigenvalue weighted by Gasteiger charge is 2.00. The Bertz CT molecular complexity index is 740. The number of hydrogen-bond donors (Lipinski definition) is 2. The molecule has 0 aliphatic carbocycles. The van der Waals surface area contributed by atoms with E-state index in [1.54, 1.807) is 24.4 Å². The molecule has 0 unspecified atom stereocenters. The Morgan fingerprint density at radius 3 is 2.65 bits per heavy atom. The van der Waals surface area contributed by atoms with Crippen molar-refractivity contribution in [2.75, 3.05) is 0 Å². The van der Waals surface area contributed by atoms with Crippen molar-refractivity contribution in [3.63, 3.8) is 0 Å². The van der Waals surface area contributed by atoms with Crippen LogP contribution in [0.5, 0.6) is 0 Å². The van der Waals surface area contributed by atoms with Crippen LogP contribution in [0.1, 0.15) is 10.4 Å². The number of carbonyl (C=O) groups is 1. The molecule has 0 aliphatic heterocycles. The number of nitrogens with zero attached hydrogens (tertiary/aromatic N) is 1. The van der Waals surface area contributed by atoms with Gasteiger partial charge in [0.15, 0.2) is 0 Å². The predicted molar refractivity (Wildman–Crippen MR) is 75.7 cm³/mol. The van der Waals surface area contributed by atoms with Gasteiger partial charge in [-0.15, -0.1) is 0 Å². The molecule has 0 radical (unpaired) electrons. The van der Waals surface area contributed by atoms with Gasteiger partial charge in [-0.2, -0.15) is 0 Å². The van der Waals surface area contributed by atoms with Crippen LogP contribution < -0.4 is 4.73 Å². The van der Waals surface area contributed by atoms with Gasteiger partial charge in [0.25, 0.3) is 5.65 Å². The highest BCUT2D eigenvalue weighted by molar-refractivity contribution is 6.30. The lowest BCUT2D eigenvalue weighted by Gasteiger charge is -1.98. The van der Waals surface area contributed by atoms with Crippen LogP contribution in [-0.2, 0) is 0 Å². The van der Waals surface area contributed by atoms with Crippen molar-refractivity contribution in [3.05, 3.63) is 70.7 Å². The van der Waals surface area contributed by atoms with E-state index >= 15 is 0 Å². The van der Waals surface area contributed by atoms with Crippen LogP contribution >= 0.6 is 11.6 Å². The molecule has 0 amide bonds. The summed E-state index contributed by atoms with van der Waals surface area (Å²) >= 11 is 5.53. The van der Waals surface area contributed by atoms with E-state index in [2.05, 4.69) is 4.98 Å². The van der Waals surface area contributed by atoms with Crippen molar-refractivity contribution in [1.82, 2.24) is 4.98 Å². The Morgan fingerprint density at radius 1 is 1.25 bits per heavy atom. The second kappa shape index (κ2) is 6.08. The van der Waals surface area contributed by atoms with E-state index in [9.17, 15) is 10.0 Å². The second-order valence-corrected chi connectivity index (χ2v) is 4.37. The van der Waals surface area contributed by atoms with E-state index in [1.807, 2.05) is 12.1 Å². The van der Waals surface area contributed by atoms with Gasteiger partial charge in [0, 0.05) is 5.02 Å². The number of carboxylic acids is 1. The molecule has 2 N–H and O–H groups in total. The van der Waals surface area contributed by atoms with Crippen LogP contribution in [0.4, 0.5) is 0 Å². The van der Waals surface area contributed by atoms with Crippen molar-refractivity contribution < 1.29 is 14.6 Å². The van der Waals surface area contributed by atoms with Crippen molar-refractivity contribution in [3.8, 4) is 0 Å². The molecule has 3 rings (SSSR count). The molecule has 0 aliphatic rings. The lowest BCUT2D eigenvalue weighted by atomic mass is 10.2. The van der Waals surface area contributed by atoms with Crippen LogP contribution in [0, 0.1) is 5.21 Å². The van der Waals surface area contributed by atoms with Crippen LogP contribution in [0.3, 0.4) is 0 Å². The van der Waals surface area contributed by atoms with E-state index in [0.717, 1.165) is 10.1 Å². The number of hydrogen-bond acceptors (Lipinski definition) is 2. The van der Waals surface area contributed by atoms with Crippen molar-refractivity contribution in [1.29, 1.82) is 0 Å². The van der Waals surface area contributed by atoms with Gasteiger partial charge in [-0.05, 0) is 36.4 Å². The number of carboxylic acid groups (broad SMARTS) is 1. The SMILES string of the molecule is O=C(O)c1cccc(Cl)c1.[O-][n+]1cccc2cc[nH]c21. The van der Waals surface area contributed by atoms with E-state index in [0.29, 0.717) is 10.7 Å². The monoisotopic (exact) mass is 290 g/mol. The molecule has 2 heterocycles. The Balaban J connectivity index is 0.000000147. The van der Waals surface area contributed by atoms with E-state index in [4.69, 9.17) is 16.7 Å². The minimum absolute atomic E-state index is 0.215. The zero-order chi connectivity index (χ0) is 14.5. The molecule has 6 heteroatoms. The third kappa shape index (κ3) is 3.27. The molecule has 102 valence electrons. The zero-order valence-corrected chi connectivity index (χ0v) is 11.0. The first-order valence-electron chi connectivity index (χ1n) is 5.72. The van der Waals surface area contributed by atoms with Gasteiger partial charge in [-0.25, -0.2) is 14.5 Å². The van der Waals surface area contributed by atoms with Crippen LogP contribution in [0.2, 0.25) is 5.02 Å². The molecule has 1 aromatic carbocycles. The minimum atomic E-state index is -0.956. The summed E-state index contributed by atoms with van der Waals surface area (Å²) in [5, 5.41) is 20.8. The Kier molecular flexibility index (Phi) is 4.22. The van der Waals surface area contributed by atoms with Gasteiger partial charge in [0.05, 0.1) is 23.3 Å². The number of halogens is 1. The molecule has 0 saturated heterocycles. The number of aromatic amines is 1. The van der Waals surface area contributed by atoms with Gasteiger partial charge >= 0.3 is 5.97 Å². The fourth-order valence-corrected chi connectivity index (χ4v) is 1.81. The first-order valence-corrected chi connectivity index (χ1v) is 6.10. The number of benzene rings is 1. The van der Waals surface area contributed by atoms with Gasteiger partial charge in [-0.1, -0.05) is 17.7 Å². The van der Waals surface area contributed by atoms with E-state index < -0.39 is 5.97 Å². The topological polar surface area (TPSA) is 80.0 Å². The molecular weight excluding hydrogens is 280 g/mol. The maximum atomic E-state index is 10.9. The predicted octanol–water partition coefficient (Wildman–Crippen LogP) is 2.84. The maximum absolute atomic E-state index is 10.9. The Labute approximate surface area is 119 Å². The normalized spacial score (nSPS) is 9.85. The fraction of sp³-hybridized carbons (Fsp3) is 0. The number of fused-ring (bicyclic) bond motifs is 1. The molecule has 0 bridgehead atoms. The zero-order valence-electron chi connectivity index (χ0n) is 10.3. The third-order valence-corrected chi connectivity index (χ3v) is 2.78. The Hall–Kier alpha value is -2.53. The highest BCUT2D eigenvalue weighted by Crippen LogP contribution is 2.09. The molecular formula is C14H11ClN2O3. The number of aromatic carboxylic acids is 1. The lowest BCUT2D eigenvalue weighted by molar-refractivity contribution is -0.579. The summed E-state index contributed by atoms with van der Waals surface area (Å²) in [7, 11) is 0. The van der Waals surface area contributed by atoms with Crippen LogP contribution in [0.15, 0.2) is 54.9 Å². The van der Waals surface area contributed by atoms with Gasteiger partial charge in [0.1, 0.15) is 0 Å². The van der Waals surface area contributed by atoms with Crippen molar-refractivity contribution in [2.24, 2.45) is 0 Å². The number of H-pyrrole nitrogens is 1.